The number of benzene rings is 1. The maximum Gasteiger partial charge on any atom is 0.129 e. The van der Waals surface area contributed by atoms with Gasteiger partial charge in [0, 0.05) is 5.56 Å². The van der Waals surface area contributed by atoms with Crippen LogP contribution in [0.4, 0.5) is 8.78 Å². The van der Waals surface area contributed by atoms with Crippen molar-refractivity contribution in [2.24, 2.45) is 5.92 Å². The van der Waals surface area contributed by atoms with Crippen molar-refractivity contribution >= 4 is 0 Å². The zero-order valence-corrected chi connectivity index (χ0v) is 8.71. The molecule has 1 N–H and O–H groups in total. The number of nitrogens with zero attached hydrogens (tertiary/aromatic N) is 1. The second-order valence-electron chi connectivity index (χ2n) is 4.08. The van der Waals surface area contributed by atoms with E-state index in [0.717, 1.165) is 31.0 Å². The minimum Gasteiger partial charge on any atom is -0.298 e. The highest BCUT2D eigenvalue weighted by atomic mass is 19.1. The Balaban J connectivity index is 2.11. The van der Waals surface area contributed by atoms with E-state index in [1.807, 2.05) is 6.07 Å². The standard InChI is InChI=1S/C12H12F2N2/c13-9-3-4-11(14)10(5-9)12(6-15)16-7-8-1-2-8/h3-5,8,12,16H,1-2,7H2. The molecule has 1 aromatic rings. The normalized spacial score (nSPS) is 16.8. The third-order valence-electron chi connectivity index (χ3n) is 2.71. The van der Waals surface area contributed by atoms with Gasteiger partial charge >= 0.3 is 0 Å². The van der Waals surface area contributed by atoms with Crippen molar-refractivity contribution in [1.82, 2.24) is 5.32 Å². The SMILES string of the molecule is N#CC(NCC1CC1)c1cc(F)ccc1F. The molecule has 0 bridgehead atoms. The molecule has 4 heteroatoms. The molecule has 0 heterocycles. The number of hydrogen-bond donors (Lipinski definition) is 1. The molecule has 2 rings (SSSR count). The average Bonchev–Trinajstić information content (AvgIpc) is 3.07. The van der Waals surface area contributed by atoms with Gasteiger partial charge in [-0.2, -0.15) is 5.26 Å². The van der Waals surface area contributed by atoms with E-state index in [9.17, 15) is 8.78 Å². The Bertz CT molecular complexity index is 422. The average molecular weight is 222 g/mol. The summed E-state index contributed by atoms with van der Waals surface area (Å²) in [4.78, 5) is 0. The van der Waals surface area contributed by atoms with Crippen LogP contribution in [0.3, 0.4) is 0 Å². The van der Waals surface area contributed by atoms with Crippen molar-refractivity contribution in [3.8, 4) is 6.07 Å². The molecule has 0 amide bonds. The van der Waals surface area contributed by atoms with E-state index in [-0.39, 0.29) is 5.56 Å². The van der Waals surface area contributed by atoms with Crippen molar-refractivity contribution in [1.29, 1.82) is 5.26 Å². The Morgan fingerprint density at radius 2 is 2.19 bits per heavy atom. The first-order valence-electron chi connectivity index (χ1n) is 5.28. The predicted molar refractivity (Wildman–Crippen MR) is 55.4 cm³/mol. The second-order valence-corrected chi connectivity index (χ2v) is 4.08. The van der Waals surface area contributed by atoms with E-state index >= 15 is 0 Å². The van der Waals surface area contributed by atoms with Crippen LogP contribution in [0.25, 0.3) is 0 Å². The summed E-state index contributed by atoms with van der Waals surface area (Å²) in [6.07, 6.45) is 2.30. The Hall–Kier alpha value is -1.47. The maximum atomic E-state index is 13.4. The van der Waals surface area contributed by atoms with Gasteiger partial charge in [-0.25, -0.2) is 8.78 Å². The highest BCUT2D eigenvalue weighted by Gasteiger charge is 2.23. The lowest BCUT2D eigenvalue weighted by atomic mass is 10.1. The first-order valence-corrected chi connectivity index (χ1v) is 5.28. The fraction of sp³-hybridized carbons (Fsp3) is 0.417. The summed E-state index contributed by atoms with van der Waals surface area (Å²) in [6, 6.07) is 4.36. The van der Waals surface area contributed by atoms with Gasteiger partial charge in [-0.15, -0.1) is 0 Å². The number of halogens is 2. The van der Waals surface area contributed by atoms with Gasteiger partial charge < -0.3 is 0 Å². The van der Waals surface area contributed by atoms with Gasteiger partial charge in [0.15, 0.2) is 0 Å². The minimum absolute atomic E-state index is 0.0863. The van der Waals surface area contributed by atoms with E-state index in [1.54, 1.807) is 0 Å². The van der Waals surface area contributed by atoms with Crippen LogP contribution < -0.4 is 5.32 Å². The van der Waals surface area contributed by atoms with Gasteiger partial charge in [0.05, 0.1) is 6.07 Å². The zero-order chi connectivity index (χ0) is 11.5. The molecule has 16 heavy (non-hydrogen) atoms. The predicted octanol–water partition coefficient (Wildman–Crippen LogP) is 2.53. The van der Waals surface area contributed by atoms with Gasteiger partial charge in [-0.3, -0.25) is 5.32 Å². The third-order valence-corrected chi connectivity index (χ3v) is 2.71. The fourth-order valence-corrected chi connectivity index (χ4v) is 1.57. The van der Waals surface area contributed by atoms with Crippen molar-refractivity contribution in [3.63, 3.8) is 0 Å². The van der Waals surface area contributed by atoms with Crippen LogP contribution in [-0.4, -0.2) is 6.54 Å². The van der Waals surface area contributed by atoms with Crippen molar-refractivity contribution in [2.45, 2.75) is 18.9 Å². The first kappa shape index (κ1) is 11.0. The Morgan fingerprint density at radius 1 is 1.44 bits per heavy atom. The molecule has 1 aliphatic rings. The molecule has 0 saturated heterocycles. The van der Waals surface area contributed by atoms with E-state index in [1.165, 1.54) is 0 Å². The van der Waals surface area contributed by atoms with Gasteiger partial charge in [0.2, 0.25) is 0 Å². The van der Waals surface area contributed by atoms with Crippen LogP contribution in [-0.2, 0) is 0 Å². The van der Waals surface area contributed by atoms with Crippen molar-refractivity contribution < 1.29 is 8.78 Å². The summed E-state index contributed by atoms with van der Waals surface area (Å²) < 4.78 is 26.3. The summed E-state index contributed by atoms with van der Waals surface area (Å²) >= 11 is 0. The topological polar surface area (TPSA) is 35.8 Å². The lowest BCUT2D eigenvalue weighted by Crippen LogP contribution is -2.23. The maximum absolute atomic E-state index is 13.4. The monoisotopic (exact) mass is 222 g/mol. The van der Waals surface area contributed by atoms with Crippen LogP contribution in [0.1, 0.15) is 24.4 Å². The molecule has 1 fully saturated rings. The molecule has 1 unspecified atom stereocenters. The molecule has 0 radical (unpaired) electrons. The summed E-state index contributed by atoms with van der Waals surface area (Å²) in [7, 11) is 0. The molecular weight excluding hydrogens is 210 g/mol. The van der Waals surface area contributed by atoms with Crippen molar-refractivity contribution in [2.75, 3.05) is 6.54 Å². The van der Waals surface area contributed by atoms with Crippen LogP contribution in [0.15, 0.2) is 18.2 Å². The minimum atomic E-state index is -0.767. The van der Waals surface area contributed by atoms with Gasteiger partial charge in [0.1, 0.15) is 17.7 Å². The molecule has 1 atom stereocenters. The lowest BCUT2D eigenvalue weighted by Gasteiger charge is -2.12. The van der Waals surface area contributed by atoms with E-state index < -0.39 is 17.7 Å². The molecule has 1 saturated carbocycles. The molecule has 0 spiro atoms. The Kier molecular flexibility index (Phi) is 3.16. The third kappa shape index (κ3) is 2.56. The molecule has 0 aliphatic heterocycles. The second kappa shape index (κ2) is 4.58. The molecule has 1 aromatic carbocycles. The van der Waals surface area contributed by atoms with E-state index in [0.29, 0.717) is 12.5 Å². The molecule has 0 aromatic heterocycles. The highest BCUT2D eigenvalue weighted by molar-refractivity contribution is 5.26. The number of nitrogens with one attached hydrogen (secondary N) is 1. The number of hydrogen-bond acceptors (Lipinski definition) is 2. The molecular formula is C12H12F2N2. The van der Waals surface area contributed by atoms with Gasteiger partial charge in [-0.05, 0) is 43.5 Å². The summed E-state index contributed by atoms with van der Waals surface area (Å²) in [5.74, 6) is -0.478. The number of rotatable bonds is 4. The number of nitriles is 1. The van der Waals surface area contributed by atoms with Crippen LogP contribution >= 0.6 is 0 Å². The Labute approximate surface area is 92.9 Å². The summed E-state index contributed by atoms with van der Waals surface area (Å²) in [5, 5.41) is 11.9. The van der Waals surface area contributed by atoms with E-state index in [4.69, 9.17) is 5.26 Å². The fourth-order valence-electron chi connectivity index (χ4n) is 1.57. The largest absolute Gasteiger partial charge is 0.298 e. The molecule has 84 valence electrons. The zero-order valence-electron chi connectivity index (χ0n) is 8.71. The molecule has 2 nitrogen and oxygen atoms in total. The first-order chi connectivity index (χ1) is 7.70. The van der Waals surface area contributed by atoms with E-state index in [2.05, 4.69) is 5.32 Å². The van der Waals surface area contributed by atoms with Crippen LogP contribution in [0, 0.1) is 28.9 Å². The quantitative estimate of drug-likeness (QED) is 0.849. The summed E-state index contributed by atoms with van der Waals surface area (Å²) in [5.41, 5.74) is 0.0863. The van der Waals surface area contributed by atoms with Crippen molar-refractivity contribution in [3.05, 3.63) is 35.4 Å². The van der Waals surface area contributed by atoms with Gasteiger partial charge in [0.25, 0.3) is 0 Å². The smallest absolute Gasteiger partial charge is 0.129 e. The Morgan fingerprint density at radius 3 is 2.81 bits per heavy atom. The summed E-state index contributed by atoms with van der Waals surface area (Å²) in [6.45, 7) is 0.689. The van der Waals surface area contributed by atoms with Crippen LogP contribution in [0.5, 0.6) is 0 Å². The van der Waals surface area contributed by atoms with Gasteiger partial charge in [-0.1, -0.05) is 0 Å². The lowest BCUT2D eigenvalue weighted by molar-refractivity contribution is 0.537. The van der Waals surface area contributed by atoms with Crippen LogP contribution in [0.2, 0.25) is 0 Å². The molecule has 1 aliphatic carbocycles. The highest BCUT2D eigenvalue weighted by Crippen LogP contribution is 2.28.